The van der Waals surface area contributed by atoms with E-state index in [0.717, 1.165) is 24.5 Å². The number of esters is 1. The summed E-state index contributed by atoms with van der Waals surface area (Å²) in [6, 6.07) is 9.70. The summed E-state index contributed by atoms with van der Waals surface area (Å²) in [6.07, 6.45) is 6.40. The lowest BCUT2D eigenvalue weighted by atomic mass is 10.0. The van der Waals surface area contributed by atoms with Crippen LogP contribution >= 0.6 is 0 Å². The highest BCUT2D eigenvalue weighted by molar-refractivity contribution is 5.90. The molecule has 1 aromatic heterocycles. The Bertz CT molecular complexity index is 735. The van der Waals surface area contributed by atoms with Gasteiger partial charge in [-0.15, -0.1) is 0 Å². The van der Waals surface area contributed by atoms with Crippen LogP contribution in [0.5, 0.6) is 0 Å². The van der Waals surface area contributed by atoms with Crippen LogP contribution in [0.1, 0.15) is 43.0 Å². The highest BCUT2D eigenvalue weighted by Gasteiger charge is 2.22. The minimum absolute atomic E-state index is 0.355. The largest absolute Gasteiger partial charge is 0.465 e. The summed E-state index contributed by atoms with van der Waals surface area (Å²) in [7, 11) is 1.38. The monoisotopic (exact) mass is 340 g/mol. The fourth-order valence-electron chi connectivity index (χ4n) is 3.29. The first kappa shape index (κ1) is 17.2. The lowest BCUT2D eigenvalue weighted by molar-refractivity contribution is 0.0601. The minimum atomic E-state index is -0.355. The number of hydrogen-bond acceptors (Lipinski definition) is 6. The smallest absolute Gasteiger partial charge is 0.337 e. The number of nitrogens with zero attached hydrogens (tertiary/aromatic N) is 3. The number of carbonyl (C=O) groups is 1. The Hall–Kier alpha value is -2.63. The predicted molar refractivity (Wildman–Crippen MR) is 98.4 cm³/mol. The molecule has 1 aliphatic heterocycles. The van der Waals surface area contributed by atoms with E-state index >= 15 is 0 Å². The quantitative estimate of drug-likeness (QED) is 0.836. The van der Waals surface area contributed by atoms with Crippen LogP contribution in [-0.2, 0) is 4.74 Å². The number of anilines is 3. The van der Waals surface area contributed by atoms with Crippen molar-refractivity contribution in [2.24, 2.45) is 0 Å². The average Bonchev–Trinajstić information content (AvgIpc) is 2.67. The molecule has 0 radical (unpaired) electrons. The molecule has 25 heavy (non-hydrogen) atoms. The molecule has 1 N–H and O–H groups in total. The Labute approximate surface area is 148 Å². The van der Waals surface area contributed by atoms with Crippen LogP contribution in [-0.4, -0.2) is 35.6 Å². The Balaban J connectivity index is 1.79. The first-order valence-electron chi connectivity index (χ1n) is 8.75. The molecular weight excluding hydrogens is 316 g/mol. The van der Waals surface area contributed by atoms with E-state index in [-0.39, 0.29) is 5.97 Å². The molecule has 1 saturated heterocycles. The second-order valence-corrected chi connectivity index (χ2v) is 6.21. The van der Waals surface area contributed by atoms with Crippen molar-refractivity contribution < 1.29 is 9.53 Å². The summed E-state index contributed by atoms with van der Waals surface area (Å²) < 4.78 is 4.77. The standard InChI is InChI=1S/C19H24N4O2/c1-3-16-9-4-5-10-23(16)18-12-17(20-13-21-18)22-15-8-6-7-14(11-15)19(24)25-2/h6-8,11-13,16H,3-5,9-10H2,1-2H3,(H,20,21,22). The first-order valence-corrected chi connectivity index (χ1v) is 8.75. The average molecular weight is 340 g/mol. The molecule has 2 aromatic rings. The molecule has 2 heterocycles. The van der Waals surface area contributed by atoms with Crippen LogP contribution in [0.3, 0.4) is 0 Å². The Morgan fingerprint density at radius 2 is 2.20 bits per heavy atom. The van der Waals surface area contributed by atoms with Gasteiger partial charge in [-0.2, -0.15) is 0 Å². The fourth-order valence-corrected chi connectivity index (χ4v) is 3.29. The number of aromatic nitrogens is 2. The second kappa shape index (κ2) is 7.96. The molecule has 6 nitrogen and oxygen atoms in total. The van der Waals surface area contributed by atoms with Gasteiger partial charge in [-0.05, 0) is 43.9 Å². The Kier molecular flexibility index (Phi) is 5.48. The third-order valence-corrected chi connectivity index (χ3v) is 4.60. The van der Waals surface area contributed by atoms with Crippen LogP contribution < -0.4 is 10.2 Å². The maximum Gasteiger partial charge on any atom is 0.337 e. The lowest BCUT2D eigenvalue weighted by Gasteiger charge is -2.36. The maximum absolute atomic E-state index is 11.7. The molecule has 1 aromatic carbocycles. The molecule has 3 rings (SSSR count). The van der Waals surface area contributed by atoms with E-state index in [9.17, 15) is 4.79 Å². The van der Waals surface area contributed by atoms with E-state index in [0.29, 0.717) is 17.4 Å². The van der Waals surface area contributed by atoms with Gasteiger partial charge in [-0.3, -0.25) is 0 Å². The number of methoxy groups -OCH3 is 1. The number of hydrogen-bond donors (Lipinski definition) is 1. The van der Waals surface area contributed by atoms with E-state index in [1.807, 2.05) is 18.2 Å². The van der Waals surface area contributed by atoms with E-state index in [1.165, 1.54) is 26.4 Å². The van der Waals surface area contributed by atoms with Gasteiger partial charge >= 0.3 is 5.97 Å². The molecule has 0 saturated carbocycles. The van der Waals surface area contributed by atoms with Crippen molar-refractivity contribution in [3.63, 3.8) is 0 Å². The molecule has 0 spiro atoms. The number of ether oxygens (including phenoxy) is 1. The number of nitrogens with one attached hydrogen (secondary N) is 1. The summed E-state index contributed by atoms with van der Waals surface area (Å²) in [4.78, 5) is 22.8. The number of benzene rings is 1. The lowest BCUT2D eigenvalue weighted by Crippen LogP contribution is -2.39. The van der Waals surface area contributed by atoms with Crippen LogP contribution in [0.25, 0.3) is 0 Å². The second-order valence-electron chi connectivity index (χ2n) is 6.21. The van der Waals surface area contributed by atoms with Gasteiger partial charge in [0.15, 0.2) is 0 Å². The summed E-state index contributed by atoms with van der Waals surface area (Å²) >= 11 is 0. The van der Waals surface area contributed by atoms with Gasteiger partial charge in [0.25, 0.3) is 0 Å². The summed E-state index contributed by atoms with van der Waals surface area (Å²) in [6.45, 7) is 3.26. The van der Waals surface area contributed by atoms with E-state index in [2.05, 4.69) is 27.1 Å². The van der Waals surface area contributed by atoms with Crippen molar-refractivity contribution in [1.82, 2.24) is 9.97 Å². The number of piperidine rings is 1. The molecule has 0 bridgehead atoms. The third kappa shape index (κ3) is 4.07. The molecule has 0 amide bonds. The molecule has 1 fully saturated rings. The third-order valence-electron chi connectivity index (χ3n) is 4.60. The van der Waals surface area contributed by atoms with E-state index in [4.69, 9.17) is 4.74 Å². The molecular formula is C19H24N4O2. The zero-order valence-corrected chi connectivity index (χ0v) is 14.7. The van der Waals surface area contributed by atoms with Gasteiger partial charge in [0.05, 0.1) is 12.7 Å². The molecule has 0 aliphatic carbocycles. The van der Waals surface area contributed by atoms with Gasteiger partial charge < -0.3 is 15.0 Å². The number of carbonyl (C=O) groups excluding carboxylic acids is 1. The zero-order chi connectivity index (χ0) is 17.6. The maximum atomic E-state index is 11.7. The predicted octanol–water partition coefficient (Wildman–Crippen LogP) is 3.78. The SMILES string of the molecule is CCC1CCCCN1c1cc(Nc2cccc(C(=O)OC)c2)ncn1. The summed E-state index contributed by atoms with van der Waals surface area (Å²) in [5, 5.41) is 3.25. The molecule has 1 aliphatic rings. The topological polar surface area (TPSA) is 67.4 Å². The first-order chi connectivity index (χ1) is 12.2. The highest BCUT2D eigenvalue weighted by Crippen LogP contribution is 2.26. The van der Waals surface area contributed by atoms with Gasteiger partial charge in [0.1, 0.15) is 18.0 Å². The van der Waals surface area contributed by atoms with Gasteiger partial charge in [0, 0.05) is 24.3 Å². The Morgan fingerprint density at radius 3 is 3.00 bits per heavy atom. The van der Waals surface area contributed by atoms with Crippen LogP contribution in [0, 0.1) is 0 Å². The number of rotatable bonds is 5. The van der Waals surface area contributed by atoms with Crippen molar-refractivity contribution in [3.05, 3.63) is 42.2 Å². The molecule has 1 unspecified atom stereocenters. The fraction of sp³-hybridized carbons (Fsp3) is 0.421. The van der Waals surface area contributed by atoms with E-state index < -0.39 is 0 Å². The van der Waals surface area contributed by atoms with Crippen LogP contribution in [0.4, 0.5) is 17.3 Å². The highest BCUT2D eigenvalue weighted by atomic mass is 16.5. The van der Waals surface area contributed by atoms with Gasteiger partial charge in [0.2, 0.25) is 0 Å². The van der Waals surface area contributed by atoms with Crippen LogP contribution in [0.2, 0.25) is 0 Å². The summed E-state index contributed by atoms with van der Waals surface area (Å²) in [5.74, 6) is 1.31. The van der Waals surface area contributed by atoms with Crippen molar-refractivity contribution >= 4 is 23.3 Å². The van der Waals surface area contributed by atoms with Gasteiger partial charge in [-0.25, -0.2) is 14.8 Å². The zero-order valence-electron chi connectivity index (χ0n) is 14.7. The van der Waals surface area contributed by atoms with Crippen molar-refractivity contribution in [2.75, 3.05) is 23.9 Å². The molecule has 6 heteroatoms. The van der Waals surface area contributed by atoms with Crippen molar-refractivity contribution in [1.29, 1.82) is 0 Å². The Morgan fingerprint density at radius 1 is 1.32 bits per heavy atom. The molecule has 1 atom stereocenters. The summed E-state index contributed by atoms with van der Waals surface area (Å²) in [5.41, 5.74) is 1.29. The van der Waals surface area contributed by atoms with Crippen molar-refractivity contribution in [3.8, 4) is 0 Å². The normalized spacial score (nSPS) is 17.2. The van der Waals surface area contributed by atoms with Gasteiger partial charge in [-0.1, -0.05) is 13.0 Å². The minimum Gasteiger partial charge on any atom is -0.465 e. The van der Waals surface area contributed by atoms with Crippen LogP contribution in [0.15, 0.2) is 36.7 Å². The van der Waals surface area contributed by atoms with E-state index in [1.54, 1.807) is 18.5 Å². The molecule has 132 valence electrons. The van der Waals surface area contributed by atoms with Crippen molar-refractivity contribution in [2.45, 2.75) is 38.6 Å².